The Labute approximate surface area is 111 Å². The summed E-state index contributed by atoms with van der Waals surface area (Å²) >= 11 is 1.30. The highest BCUT2D eigenvalue weighted by Gasteiger charge is 2.23. The maximum Gasteiger partial charge on any atom is 0.235 e. The maximum atomic E-state index is 12.2. The SMILES string of the molecule is CNC(=O)C(C)S(=O)c1nc2ccc(N)cc2s1. The fraction of sp³-hybridized carbons (Fsp3) is 0.273. The quantitative estimate of drug-likeness (QED) is 0.827. The van der Waals surface area contributed by atoms with Crippen molar-refractivity contribution >= 4 is 43.9 Å². The molecule has 0 radical (unpaired) electrons. The van der Waals surface area contributed by atoms with Crippen LogP contribution in [0.4, 0.5) is 5.69 Å². The van der Waals surface area contributed by atoms with Crippen molar-refractivity contribution in [3.63, 3.8) is 0 Å². The molecule has 96 valence electrons. The molecule has 3 N–H and O–H groups in total. The van der Waals surface area contributed by atoms with Crippen LogP contribution in [0.15, 0.2) is 22.5 Å². The highest BCUT2D eigenvalue weighted by Crippen LogP contribution is 2.27. The molecule has 0 aliphatic rings. The highest BCUT2D eigenvalue weighted by atomic mass is 32.2. The van der Waals surface area contributed by atoms with Crippen molar-refractivity contribution in [2.45, 2.75) is 16.5 Å². The third kappa shape index (κ3) is 2.37. The van der Waals surface area contributed by atoms with E-state index in [0.717, 1.165) is 10.2 Å². The van der Waals surface area contributed by atoms with E-state index in [4.69, 9.17) is 5.73 Å². The predicted molar refractivity (Wildman–Crippen MR) is 74.0 cm³/mol. The van der Waals surface area contributed by atoms with Crippen LogP contribution in [0.1, 0.15) is 6.92 Å². The standard InChI is InChI=1S/C11H13N3O2S2/c1-6(10(15)13-2)18(16)11-14-8-4-3-7(12)5-9(8)17-11/h3-6H,12H2,1-2H3,(H,13,15). The Hall–Kier alpha value is -1.47. The van der Waals surface area contributed by atoms with Crippen LogP contribution in [0, 0.1) is 0 Å². The van der Waals surface area contributed by atoms with Gasteiger partial charge in [-0.1, -0.05) is 0 Å². The van der Waals surface area contributed by atoms with E-state index in [1.807, 2.05) is 0 Å². The predicted octanol–water partition coefficient (Wildman–Crippen LogP) is 1.12. The molecule has 0 fully saturated rings. The summed E-state index contributed by atoms with van der Waals surface area (Å²) in [6.07, 6.45) is 0. The van der Waals surface area contributed by atoms with E-state index >= 15 is 0 Å². The summed E-state index contributed by atoms with van der Waals surface area (Å²) in [7, 11) is 0.0801. The Kier molecular flexibility index (Phi) is 3.63. The number of nitrogens with two attached hydrogens (primary N) is 1. The number of hydrogen-bond donors (Lipinski definition) is 2. The average molecular weight is 283 g/mol. The lowest BCUT2D eigenvalue weighted by molar-refractivity contribution is -0.119. The first-order chi connectivity index (χ1) is 8.52. The molecule has 2 unspecified atom stereocenters. The summed E-state index contributed by atoms with van der Waals surface area (Å²) in [5.74, 6) is -0.257. The zero-order chi connectivity index (χ0) is 13.3. The zero-order valence-corrected chi connectivity index (χ0v) is 11.6. The number of benzene rings is 1. The van der Waals surface area contributed by atoms with Crippen LogP contribution in [-0.2, 0) is 15.6 Å². The van der Waals surface area contributed by atoms with Crippen molar-refractivity contribution in [2.24, 2.45) is 0 Å². The minimum Gasteiger partial charge on any atom is -0.399 e. The molecular weight excluding hydrogens is 270 g/mol. The smallest absolute Gasteiger partial charge is 0.235 e. The summed E-state index contributed by atoms with van der Waals surface area (Å²) in [5, 5.41) is 1.87. The Balaban J connectivity index is 2.36. The number of nitrogen functional groups attached to an aromatic ring is 1. The number of nitrogens with zero attached hydrogens (tertiary/aromatic N) is 1. The summed E-state index contributed by atoms with van der Waals surface area (Å²) in [6, 6.07) is 5.32. The Bertz CT molecular complexity index is 624. The lowest BCUT2D eigenvalue weighted by atomic mass is 10.3. The summed E-state index contributed by atoms with van der Waals surface area (Å²) in [6.45, 7) is 1.62. The van der Waals surface area contributed by atoms with Crippen molar-refractivity contribution in [1.29, 1.82) is 0 Å². The van der Waals surface area contributed by atoms with Crippen molar-refractivity contribution in [2.75, 3.05) is 12.8 Å². The third-order valence-corrected chi connectivity index (χ3v) is 5.35. The van der Waals surface area contributed by atoms with Gasteiger partial charge in [0.1, 0.15) is 5.25 Å². The molecule has 2 atom stereocenters. The van der Waals surface area contributed by atoms with Gasteiger partial charge in [0.05, 0.1) is 21.0 Å². The topological polar surface area (TPSA) is 85.1 Å². The van der Waals surface area contributed by atoms with Crippen LogP contribution in [-0.4, -0.2) is 27.4 Å². The molecule has 0 saturated carbocycles. The van der Waals surface area contributed by atoms with Gasteiger partial charge in [-0.2, -0.15) is 0 Å². The van der Waals surface area contributed by atoms with E-state index in [1.165, 1.54) is 18.4 Å². The Morgan fingerprint density at radius 3 is 2.94 bits per heavy atom. The number of fused-ring (bicyclic) bond motifs is 1. The normalized spacial score (nSPS) is 14.3. The van der Waals surface area contributed by atoms with E-state index in [0.29, 0.717) is 10.0 Å². The number of carbonyl (C=O) groups is 1. The van der Waals surface area contributed by atoms with E-state index in [2.05, 4.69) is 10.3 Å². The second kappa shape index (κ2) is 5.03. The number of nitrogens with one attached hydrogen (secondary N) is 1. The van der Waals surface area contributed by atoms with Crippen LogP contribution >= 0.6 is 11.3 Å². The molecule has 0 aliphatic heterocycles. The first-order valence-corrected chi connectivity index (χ1v) is 7.34. The molecule has 0 saturated heterocycles. The van der Waals surface area contributed by atoms with Gasteiger partial charge in [-0.15, -0.1) is 11.3 Å². The number of amides is 1. The van der Waals surface area contributed by atoms with Crippen molar-refractivity contribution in [3.8, 4) is 0 Å². The number of rotatable bonds is 3. The lowest BCUT2D eigenvalue weighted by Crippen LogP contribution is -2.32. The minimum absolute atomic E-state index is 0.257. The first kappa shape index (κ1) is 13.0. The first-order valence-electron chi connectivity index (χ1n) is 5.31. The van der Waals surface area contributed by atoms with E-state index < -0.39 is 16.0 Å². The van der Waals surface area contributed by atoms with Gasteiger partial charge < -0.3 is 11.1 Å². The van der Waals surface area contributed by atoms with E-state index in [-0.39, 0.29) is 5.91 Å². The van der Waals surface area contributed by atoms with Gasteiger partial charge in [-0.25, -0.2) is 4.98 Å². The van der Waals surface area contributed by atoms with Gasteiger partial charge in [0.15, 0.2) is 4.34 Å². The highest BCUT2D eigenvalue weighted by molar-refractivity contribution is 7.88. The van der Waals surface area contributed by atoms with E-state index in [9.17, 15) is 9.00 Å². The monoisotopic (exact) mass is 283 g/mol. The molecule has 2 aromatic rings. The molecule has 18 heavy (non-hydrogen) atoms. The van der Waals surface area contributed by atoms with Gasteiger partial charge in [0.25, 0.3) is 0 Å². The van der Waals surface area contributed by atoms with Crippen LogP contribution in [0.2, 0.25) is 0 Å². The molecule has 1 aromatic heterocycles. The molecule has 0 spiro atoms. The van der Waals surface area contributed by atoms with Gasteiger partial charge in [0.2, 0.25) is 5.91 Å². The number of thiazole rings is 1. The summed E-state index contributed by atoms with van der Waals surface area (Å²) in [5.41, 5.74) is 7.07. The molecule has 1 amide bonds. The second-order valence-electron chi connectivity index (χ2n) is 3.76. The van der Waals surface area contributed by atoms with Crippen molar-refractivity contribution in [3.05, 3.63) is 18.2 Å². The van der Waals surface area contributed by atoms with Gasteiger partial charge in [-0.3, -0.25) is 9.00 Å². The third-order valence-electron chi connectivity index (χ3n) is 2.50. The number of carbonyl (C=O) groups excluding carboxylic acids is 1. The van der Waals surface area contributed by atoms with Gasteiger partial charge in [0, 0.05) is 12.7 Å². The molecule has 7 heteroatoms. The molecule has 1 aromatic carbocycles. The largest absolute Gasteiger partial charge is 0.399 e. The van der Waals surface area contributed by atoms with Crippen LogP contribution in [0.3, 0.4) is 0 Å². The fourth-order valence-corrected chi connectivity index (χ4v) is 4.04. The second-order valence-corrected chi connectivity index (χ2v) is 6.74. The van der Waals surface area contributed by atoms with Crippen LogP contribution in [0.5, 0.6) is 0 Å². The van der Waals surface area contributed by atoms with Crippen LogP contribution < -0.4 is 11.1 Å². The molecule has 0 bridgehead atoms. The molecule has 0 aliphatic carbocycles. The Morgan fingerprint density at radius 2 is 2.28 bits per heavy atom. The molecular formula is C11H13N3O2S2. The number of hydrogen-bond acceptors (Lipinski definition) is 5. The number of aromatic nitrogens is 1. The number of anilines is 1. The Morgan fingerprint density at radius 1 is 1.56 bits per heavy atom. The van der Waals surface area contributed by atoms with Crippen molar-refractivity contribution < 1.29 is 9.00 Å². The summed E-state index contributed by atoms with van der Waals surface area (Å²) < 4.78 is 13.5. The molecule has 1 heterocycles. The van der Waals surface area contributed by atoms with E-state index in [1.54, 1.807) is 25.1 Å². The minimum atomic E-state index is -1.44. The maximum absolute atomic E-state index is 12.2. The van der Waals surface area contributed by atoms with Crippen LogP contribution in [0.25, 0.3) is 10.2 Å². The van der Waals surface area contributed by atoms with Gasteiger partial charge >= 0.3 is 0 Å². The molecule has 2 rings (SSSR count). The van der Waals surface area contributed by atoms with Gasteiger partial charge in [-0.05, 0) is 25.1 Å². The zero-order valence-electron chi connectivity index (χ0n) is 9.97. The molecule has 5 nitrogen and oxygen atoms in total. The lowest BCUT2D eigenvalue weighted by Gasteiger charge is -2.06. The summed E-state index contributed by atoms with van der Waals surface area (Å²) in [4.78, 5) is 15.7. The van der Waals surface area contributed by atoms with Crippen molar-refractivity contribution in [1.82, 2.24) is 10.3 Å². The average Bonchev–Trinajstić information content (AvgIpc) is 2.78. The fourth-order valence-electron chi connectivity index (χ4n) is 1.46.